The number of ether oxygens (including phenoxy) is 3. The molecule has 1 aromatic heterocycles. The number of hydrogen-bond acceptors (Lipinski definition) is 8. The van der Waals surface area contributed by atoms with Gasteiger partial charge >= 0.3 is 18.0 Å². The Morgan fingerprint density at radius 3 is 2.57 bits per heavy atom. The molecule has 0 spiro atoms. The molecule has 0 unspecified atom stereocenters. The van der Waals surface area contributed by atoms with E-state index >= 15 is 0 Å². The van der Waals surface area contributed by atoms with E-state index in [1.54, 1.807) is 44.2 Å². The van der Waals surface area contributed by atoms with E-state index in [2.05, 4.69) is 21.2 Å². The summed E-state index contributed by atoms with van der Waals surface area (Å²) in [6.07, 6.45) is 1.50. The third-order valence-electron chi connectivity index (χ3n) is 6.86. The molecule has 4 N–H and O–H groups in total. The van der Waals surface area contributed by atoms with Crippen LogP contribution in [0.5, 0.6) is 11.5 Å². The molecule has 0 radical (unpaired) electrons. The Balaban J connectivity index is 1.42. The molecule has 13 nitrogen and oxygen atoms in total. The van der Waals surface area contributed by atoms with Crippen LogP contribution in [0.25, 0.3) is 5.69 Å². The first kappa shape index (κ1) is 31.3. The summed E-state index contributed by atoms with van der Waals surface area (Å²) in [5, 5.41) is 18.7. The van der Waals surface area contributed by atoms with Gasteiger partial charge < -0.3 is 34.5 Å². The minimum absolute atomic E-state index is 0.174. The largest absolute Gasteiger partial charge is 0.493 e. The number of carbonyl (C=O) groups is 4. The first-order valence-electron chi connectivity index (χ1n) is 13.6. The quantitative estimate of drug-likeness (QED) is 0.147. The lowest BCUT2D eigenvalue weighted by atomic mass is 9.95. The second-order valence-corrected chi connectivity index (χ2v) is 9.80. The molecular formula is C31H33N5O8. The summed E-state index contributed by atoms with van der Waals surface area (Å²) < 4.78 is 18.2. The minimum atomic E-state index is -1.01. The Morgan fingerprint density at radius 2 is 1.86 bits per heavy atom. The maximum Gasteiger partial charge on any atom is 0.338 e. The van der Waals surface area contributed by atoms with Crippen molar-refractivity contribution in [3.63, 3.8) is 0 Å². The molecule has 3 aromatic rings. The fourth-order valence-corrected chi connectivity index (χ4v) is 4.85. The van der Waals surface area contributed by atoms with Gasteiger partial charge in [-0.1, -0.05) is 12.1 Å². The molecule has 230 valence electrons. The maximum atomic E-state index is 12.6. The number of benzene rings is 2. The summed E-state index contributed by atoms with van der Waals surface area (Å²) in [4.78, 5) is 48.6. The van der Waals surface area contributed by atoms with E-state index in [0.717, 1.165) is 17.0 Å². The first-order valence-corrected chi connectivity index (χ1v) is 13.6. The second kappa shape index (κ2) is 13.6. The van der Waals surface area contributed by atoms with Crippen molar-refractivity contribution in [3.05, 3.63) is 87.9 Å². The third kappa shape index (κ3) is 6.89. The number of aromatic nitrogens is 1. The van der Waals surface area contributed by atoms with Crippen molar-refractivity contribution in [1.82, 2.24) is 20.6 Å². The van der Waals surface area contributed by atoms with Gasteiger partial charge in [0.25, 0.3) is 5.91 Å². The Labute approximate surface area is 253 Å². The van der Waals surface area contributed by atoms with Crippen LogP contribution in [0.3, 0.4) is 0 Å². The van der Waals surface area contributed by atoms with E-state index in [4.69, 9.17) is 14.2 Å². The van der Waals surface area contributed by atoms with E-state index in [0.29, 0.717) is 16.9 Å². The number of esters is 1. The summed E-state index contributed by atoms with van der Waals surface area (Å²) >= 11 is 0. The molecule has 0 bridgehead atoms. The lowest BCUT2D eigenvalue weighted by Crippen LogP contribution is -2.45. The van der Waals surface area contributed by atoms with E-state index < -0.39 is 29.9 Å². The van der Waals surface area contributed by atoms with Crippen molar-refractivity contribution >= 4 is 30.1 Å². The summed E-state index contributed by atoms with van der Waals surface area (Å²) in [7, 11) is 1.43. The number of nitrogens with zero attached hydrogens (tertiary/aromatic N) is 2. The van der Waals surface area contributed by atoms with Crippen molar-refractivity contribution in [2.75, 3.05) is 20.3 Å². The van der Waals surface area contributed by atoms with Gasteiger partial charge in [0, 0.05) is 28.3 Å². The summed E-state index contributed by atoms with van der Waals surface area (Å²) in [6, 6.07) is 12.1. The zero-order valence-electron chi connectivity index (χ0n) is 24.9. The van der Waals surface area contributed by atoms with Gasteiger partial charge in [-0.3, -0.25) is 4.79 Å². The topological polar surface area (TPSA) is 170 Å². The van der Waals surface area contributed by atoms with E-state index in [9.17, 15) is 24.3 Å². The number of hydrazone groups is 1. The van der Waals surface area contributed by atoms with E-state index in [1.165, 1.54) is 19.4 Å². The number of methoxy groups -OCH3 is 1. The highest BCUT2D eigenvalue weighted by atomic mass is 16.5. The molecule has 0 aliphatic carbocycles. The van der Waals surface area contributed by atoms with Gasteiger partial charge in [-0.2, -0.15) is 5.10 Å². The van der Waals surface area contributed by atoms with Gasteiger partial charge in [-0.05, 0) is 69.7 Å². The number of urea groups is 1. The number of aryl methyl sites for hydroxylation is 1. The number of hydrogen-bond donors (Lipinski definition) is 4. The molecule has 2 aromatic carbocycles. The molecule has 0 saturated heterocycles. The lowest BCUT2D eigenvalue weighted by molar-refractivity contribution is -0.139. The van der Waals surface area contributed by atoms with E-state index in [-0.39, 0.29) is 35.8 Å². The van der Waals surface area contributed by atoms with Gasteiger partial charge in [0.05, 0.1) is 37.1 Å². The number of nitrogens with one attached hydrogen (secondary N) is 3. The Hall–Kier alpha value is -5.59. The maximum absolute atomic E-state index is 12.6. The molecule has 3 amide bonds. The summed E-state index contributed by atoms with van der Waals surface area (Å²) in [5.74, 6) is -1.55. The van der Waals surface area contributed by atoms with Crippen LogP contribution in [-0.4, -0.2) is 60.1 Å². The predicted molar refractivity (Wildman–Crippen MR) is 160 cm³/mol. The smallest absolute Gasteiger partial charge is 0.338 e. The van der Waals surface area contributed by atoms with Crippen LogP contribution in [0.15, 0.2) is 64.9 Å². The standard InChI is InChI=1S/C31H33N5O8/c1-6-43-30(40)27-18(3)33-31(41)34-28(27)20-10-11-24(25(14-20)42-5)44-16-26(37)35-32-15-22-12-17(2)36(19(22)4)23-9-7-8-21(13-23)29(38)39/h7-15,28H,6,16H2,1-5H3,(H,35,37)(H,38,39)(H2,33,34,41)/b32-15-/t28-/m0/s1. The molecule has 13 heteroatoms. The zero-order chi connectivity index (χ0) is 32.0. The van der Waals surface area contributed by atoms with E-state index in [1.807, 2.05) is 30.5 Å². The van der Waals surface area contributed by atoms with Crippen LogP contribution in [0.2, 0.25) is 0 Å². The van der Waals surface area contributed by atoms with Crippen molar-refractivity contribution in [2.24, 2.45) is 5.10 Å². The molecule has 4 rings (SSSR count). The van der Waals surface area contributed by atoms with Gasteiger partial charge in [-0.15, -0.1) is 0 Å². The highest BCUT2D eigenvalue weighted by Crippen LogP contribution is 2.34. The lowest BCUT2D eigenvalue weighted by Gasteiger charge is -2.28. The molecule has 2 heterocycles. The van der Waals surface area contributed by atoms with Crippen molar-refractivity contribution in [2.45, 2.75) is 33.7 Å². The van der Waals surface area contributed by atoms with Crippen LogP contribution in [0, 0.1) is 13.8 Å². The Morgan fingerprint density at radius 1 is 1.09 bits per heavy atom. The molecular weight excluding hydrogens is 570 g/mol. The highest BCUT2D eigenvalue weighted by molar-refractivity contribution is 5.95. The predicted octanol–water partition coefficient (Wildman–Crippen LogP) is 3.52. The van der Waals surface area contributed by atoms with Crippen molar-refractivity contribution in [3.8, 4) is 17.2 Å². The third-order valence-corrected chi connectivity index (χ3v) is 6.86. The number of allylic oxidation sites excluding steroid dienone is 1. The second-order valence-electron chi connectivity index (χ2n) is 9.80. The van der Waals surface area contributed by atoms with Crippen molar-refractivity contribution < 1.29 is 38.5 Å². The Kier molecular flexibility index (Phi) is 9.68. The van der Waals surface area contributed by atoms with Gasteiger partial charge in [0.2, 0.25) is 0 Å². The zero-order valence-corrected chi connectivity index (χ0v) is 24.9. The van der Waals surface area contributed by atoms with Crippen molar-refractivity contribution in [1.29, 1.82) is 0 Å². The van der Waals surface area contributed by atoms with Crippen LogP contribution in [0.4, 0.5) is 4.79 Å². The number of amides is 3. The van der Waals surface area contributed by atoms with Crippen LogP contribution < -0.4 is 25.5 Å². The average Bonchev–Trinajstić information content (AvgIpc) is 3.27. The fraction of sp³-hybridized carbons (Fsp3) is 0.258. The van der Waals surface area contributed by atoms with Crippen LogP contribution >= 0.6 is 0 Å². The summed E-state index contributed by atoms with van der Waals surface area (Å²) in [5.41, 5.74) is 6.89. The SMILES string of the molecule is CCOC(=O)C1=C(C)NC(=O)N[C@H]1c1ccc(OCC(=O)N/N=C\c2cc(C)n(-c3cccc(C(=O)O)c3)c2C)c(OC)c1. The number of carboxylic acids is 1. The normalized spacial score (nSPS) is 14.6. The van der Waals surface area contributed by atoms with Crippen LogP contribution in [0.1, 0.15) is 52.8 Å². The number of carboxylic acid groups (broad SMARTS) is 1. The molecule has 0 fully saturated rings. The van der Waals surface area contributed by atoms with Gasteiger partial charge in [-0.25, -0.2) is 19.8 Å². The van der Waals surface area contributed by atoms with Gasteiger partial charge in [0.1, 0.15) is 0 Å². The highest BCUT2D eigenvalue weighted by Gasteiger charge is 2.32. The van der Waals surface area contributed by atoms with Gasteiger partial charge in [0.15, 0.2) is 18.1 Å². The van der Waals surface area contributed by atoms with Crippen LogP contribution in [-0.2, 0) is 14.3 Å². The number of rotatable bonds is 11. The minimum Gasteiger partial charge on any atom is -0.493 e. The number of carbonyl (C=O) groups excluding carboxylic acids is 3. The Bertz CT molecular complexity index is 1670. The number of aromatic carboxylic acids is 1. The molecule has 44 heavy (non-hydrogen) atoms. The first-order chi connectivity index (χ1) is 21.0. The fourth-order valence-electron chi connectivity index (χ4n) is 4.85. The molecule has 0 saturated carbocycles. The average molecular weight is 604 g/mol. The molecule has 1 aliphatic heterocycles. The monoisotopic (exact) mass is 603 g/mol. The summed E-state index contributed by atoms with van der Waals surface area (Å²) in [6.45, 7) is 6.87. The molecule has 1 atom stereocenters. The molecule has 1 aliphatic rings.